The molecule has 2 aliphatic rings. The lowest BCUT2D eigenvalue weighted by atomic mass is 10.0. The van der Waals surface area contributed by atoms with E-state index in [4.69, 9.17) is 14.7 Å². The van der Waals surface area contributed by atoms with Crippen LogP contribution >= 0.6 is 0 Å². The lowest BCUT2D eigenvalue weighted by Gasteiger charge is -2.34. The van der Waals surface area contributed by atoms with E-state index in [0.717, 1.165) is 43.0 Å². The van der Waals surface area contributed by atoms with Crippen LogP contribution in [0.5, 0.6) is 11.6 Å². The number of fused-ring (bicyclic) bond motifs is 1. The fourth-order valence-electron chi connectivity index (χ4n) is 4.32. The van der Waals surface area contributed by atoms with E-state index in [2.05, 4.69) is 16.8 Å². The molecule has 5 rings (SSSR count). The third-order valence-electron chi connectivity index (χ3n) is 6.45. The van der Waals surface area contributed by atoms with E-state index in [1.165, 1.54) is 24.3 Å². The number of hydrogen-bond donors (Lipinski definition) is 0. The van der Waals surface area contributed by atoms with Crippen LogP contribution in [0.25, 0.3) is 0 Å². The van der Waals surface area contributed by atoms with Crippen LogP contribution in [-0.2, 0) is 24.2 Å². The van der Waals surface area contributed by atoms with Crippen LogP contribution in [0, 0.1) is 11.6 Å². The minimum Gasteiger partial charge on any atom is -0.438 e. The molecule has 2 aliphatic heterocycles. The van der Waals surface area contributed by atoms with Gasteiger partial charge in [0.2, 0.25) is 17.7 Å². The number of amides is 1. The lowest BCUT2D eigenvalue weighted by molar-refractivity contribution is -0.131. The fraction of sp³-hybridized carbons (Fsp3) is 0.346. The maximum Gasteiger partial charge on any atom is 0.229 e. The first-order chi connectivity index (χ1) is 16.9. The summed E-state index contributed by atoms with van der Waals surface area (Å²) in [6, 6.07) is 11.7. The van der Waals surface area contributed by atoms with Crippen LogP contribution in [0.15, 0.2) is 48.5 Å². The Morgan fingerprint density at radius 1 is 0.914 bits per heavy atom. The molecule has 1 aromatic heterocycles. The standard InChI is InChI=1S/C26H27F2N5O2/c1-31-12-14-32(15-13-31)26-29-23-10-11-33(24(34)16-18-2-4-19(27)5-3-18)17-22(23)25(30-26)35-21-8-6-20(28)7-9-21/h2-9H,10-17H2,1H3. The summed E-state index contributed by atoms with van der Waals surface area (Å²) in [6.07, 6.45) is 0.761. The molecule has 0 bridgehead atoms. The molecule has 3 aromatic rings. The van der Waals surface area contributed by atoms with Crippen molar-refractivity contribution in [3.63, 3.8) is 0 Å². The predicted octanol–water partition coefficient (Wildman–Crippen LogP) is 3.43. The summed E-state index contributed by atoms with van der Waals surface area (Å²) < 4.78 is 32.8. The Kier molecular flexibility index (Phi) is 6.59. The zero-order chi connectivity index (χ0) is 24.4. The van der Waals surface area contributed by atoms with Crippen LogP contribution in [-0.4, -0.2) is 65.4 Å². The van der Waals surface area contributed by atoms with Gasteiger partial charge in [0.25, 0.3) is 0 Å². The average molecular weight is 480 g/mol. The molecule has 2 aromatic carbocycles. The summed E-state index contributed by atoms with van der Waals surface area (Å²) in [6.45, 7) is 4.30. The van der Waals surface area contributed by atoms with Crippen molar-refractivity contribution in [1.29, 1.82) is 0 Å². The monoisotopic (exact) mass is 479 g/mol. The molecule has 0 radical (unpaired) electrons. The number of hydrogen-bond acceptors (Lipinski definition) is 6. The molecule has 0 aliphatic carbocycles. The molecule has 0 atom stereocenters. The number of aromatic nitrogens is 2. The summed E-state index contributed by atoms with van der Waals surface area (Å²) in [5.74, 6) is 0.723. The van der Waals surface area contributed by atoms with E-state index in [1.807, 2.05) is 0 Å². The highest BCUT2D eigenvalue weighted by molar-refractivity contribution is 5.79. The first-order valence-corrected chi connectivity index (χ1v) is 11.7. The Balaban J connectivity index is 1.41. The first kappa shape index (κ1) is 23.2. The van der Waals surface area contributed by atoms with Crippen molar-refractivity contribution in [3.05, 3.63) is 77.0 Å². The van der Waals surface area contributed by atoms with Gasteiger partial charge in [-0.05, 0) is 49.0 Å². The van der Waals surface area contributed by atoms with E-state index >= 15 is 0 Å². The average Bonchev–Trinajstić information content (AvgIpc) is 2.87. The minimum atomic E-state index is -0.349. The van der Waals surface area contributed by atoms with Crippen molar-refractivity contribution in [3.8, 4) is 11.6 Å². The Morgan fingerprint density at radius 3 is 2.26 bits per heavy atom. The minimum absolute atomic E-state index is 0.0573. The molecule has 3 heterocycles. The number of likely N-dealkylation sites (N-methyl/N-ethyl adjacent to an activating group) is 1. The number of halogens is 2. The number of ether oxygens (including phenoxy) is 1. The van der Waals surface area contributed by atoms with Gasteiger partial charge >= 0.3 is 0 Å². The molecule has 1 fully saturated rings. The third kappa shape index (κ3) is 5.40. The smallest absolute Gasteiger partial charge is 0.229 e. The molecule has 9 heteroatoms. The third-order valence-corrected chi connectivity index (χ3v) is 6.45. The van der Waals surface area contributed by atoms with Gasteiger partial charge in [-0.15, -0.1) is 0 Å². The van der Waals surface area contributed by atoms with Crippen LogP contribution in [0.3, 0.4) is 0 Å². The van der Waals surface area contributed by atoms with Crippen LogP contribution in [0.1, 0.15) is 16.8 Å². The van der Waals surface area contributed by atoms with E-state index in [0.29, 0.717) is 37.1 Å². The largest absolute Gasteiger partial charge is 0.438 e. The van der Waals surface area contributed by atoms with Crippen molar-refractivity contribution >= 4 is 11.9 Å². The van der Waals surface area contributed by atoms with Gasteiger partial charge in [0.05, 0.1) is 24.2 Å². The summed E-state index contributed by atoms with van der Waals surface area (Å²) >= 11 is 0. The van der Waals surface area contributed by atoms with Crippen LogP contribution in [0.2, 0.25) is 0 Å². The second-order valence-corrected chi connectivity index (χ2v) is 8.97. The van der Waals surface area contributed by atoms with Crippen molar-refractivity contribution < 1.29 is 18.3 Å². The normalized spacial score (nSPS) is 16.2. The SMILES string of the molecule is CN1CCN(c2nc3c(c(Oc4ccc(F)cc4)n2)CN(C(=O)Cc2ccc(F)cc2)CC3)CC1. The second-order valence-electron chi connectivity index (χ2n) is 8.97. The van der Waals surface area contributed by atoms with E-state index < -0.39 is 0 Å². The Bertz CT molecular complexity index is 1200. The van der Waals surface area contributed by atoms with Crippen molar-refractivity contribution in [1.82, 2.24) is 19.8 Å². The summed E-state index contributed by atoms with van der Waals surface area (Å²) in [5, 5.41) is 0. The predicted molar refractivity (Wildman–Crippen MR) is 127 cm³/mol. The molecule has 7 nitrogen and oxygen atoms in total. The molecule has 1 saturated heterocycles. The van der Waals surface area contributed by atoms with Gasteiger partial charge in [-0.2, -0.15) is 4.98 Å². The maximum atomic E-state index is 13.4. The molecule has 1 amide bonds. The molecular formula is C26H27F2N5O2. The highest BCUT2D eigenvalue weighted by Crippen LogP contribution is 2.32. The first-order valence-electron chi connectivity index (χ1n) is 11.7. The summed E-state index contributed by atoms with van der Waals surface area (Å²) in [4.78, 5) is 28.7. The van der Waals surface area contributed by atoms with E-state index in [1.54, 1.807) is 29.2 Å². The van der Waals surface area contributed by atoms with Crippen LogP contribution < -0.4 is 9.64 Å². The maximum absolute atomic E-state index is 13.4. The Labute approximate surface area is 203 Å². The number of carbonyl (C=O) groups is 1. The summed E-state index contributed by atoms with van der Waals surface area (Å²) in [5.41, 5.74) is 2.37. The fourth-order valence-corrected chi connectivity index (χ4v) is 4.32. The topological polar surface area (TPSA) is 61.8 Å². The van der Waals surface area contributed by atoms with Gasteiger partial charge in [-0.25, -0.2) is 13.8 Å². The van der Waals surface area contributed by atoms with Gasteiger partial charge in [-0.1, -0.05) is 12.1 Å². The number of piperazine rings is 1. The molecule has 0 unspecified atom stereocenters. The molecular weight excluding hydrogens is 452 g/mol. The number of carbonyl (C=O) groups excluding carboxylic acids is 1. The van der Waals surface area contributed by atoms with Crippen molar-refractivity contribution in [2.75, 3.05) is 44.7 Å². The van der Waals surface area contributed by atoms with E-state index in [-0.39, 0.29) is 24.0 Å². The molecule has 182 valence electrons. The quantitative estimate of drug-likeness (QED) is 0.559. The zero-order valence-corrected chi connectivity index (χ0v) is 19.6. The molecule has 0 spiro atoms. The Hall–Kier alpha value is -3.59. The second kappa shape index (κ2) is 9.95. The lowest BCUT2D eigenvalue weighted by Crippen LogP contribution is -2.45. The van der Waals surface area contributed by atoms with Crippen LogP contribution in [0.4, 0.5) is 14.7 Å². The van der Waals surface area contributed by atoms with Gasteiger partial charge in [-0.3, -0.25) is 4.79 Å². The zero-order valence-electron chi connectivity index (χ0n) is 19.6. The highest BCUT2D eigenvalue weighted by Gasteiger charge is 2.28. The molecule has 35 heavy (non-hydrogen) atoms. The Morgan fingerprint density at radius 2 is 1.57 bits per heavy atom. The number of benzene rings is 2. The number of rotatable bonds is 5. The van der Waals surface area contributed by atoms with Gasteiger partial charge < -0.3 is 19.4 Å². The van der Waals surface area contributed by atoms with Gasteiger partial charge in [0.1, 0.15) is 17.4 Å². The van der Waals surface area contributed by atoms with E-state index in [9.17, 15) is 13.6 Å². The van der Waals surface area contributed by atoms with Crippen molar-refractivity contribution in [2.45, 2.75) is 19.4 Å². The van der Waals surface area contributed by atoms with Gasteiger partial charge in [0, 0.05) is 39.1 Å². The van der Waals surface area contributed by atoms with Gasteiger partial charge in [0.15, 0.2) is 0 Å². The molecule has 0 saturated carbocycles. The number of nitrogens with zero attached hydrogens (tertiary/aromatic N) is 5. The number of anilines is 1. The molecule has 0 N–H and O–H groups in total. The van der Waals surface area contributed by atoms with Crippen molar-refractivity contribution in [2.24, 2.45) is 0 Å². The summed E-state index contributed by atoms with van der Waals surface area (Å²) in [7, 11) is 2.09. The highest BCUT2D eigenvalue weighted by atomic mass is 19.1.